The average Bonchev–Trinajstić information content (AvgIpc) is 2.65. The van der Waals surface area contributed by atoms with E-state index < -0.39 is 0 Å². The van der Waals surface area contributed by atoms with Crippen molar-refractivity contribution in [2.45, 2.75) is 96.9 Å². The van der Waals surface area contributed by atoms with Crippen LogP contribution in [0.5, 0.6) is 0 Å². The summed E-state index contributed by atoms with van der Waals surface area (Å²) in [6.07, 6.45) is 0. The summed E-state index contributed by atoms with van der Waals surface area (Å²) < 4.78 is 0. The molecule has 0 N–H and O–H groups in total. The van der Waals surface area contributed by atoms with Gasteiger partial charge in [0, 0.05) is 0 Å². The van der Waals surface area contributed by atoms with Crippen LogP contribution in [0.1, 0.15) is 83.3 Å². The number of rotatable bonds is 1. The van der Waals surface area contributed by atoms with Gasteiger partial charge in [0.05, 0.1) is 0 Å². The monoisotopic (exact) mass is 444 g/mol. The van der Waals surface area contributed by atoms with Crippen molar-refractivity contribution in [3.63, 3.8) is 0 Å². The first-order valence-corrected chi connectivity index (χ1v) is 12.2. The molecule has 0 bridgehead atoms. The third-order valence-electron chi connectivity index (χ3n) is 6.02. The Morgan fingerprint density at radius 3 is 0.848 bits per heavy atom. The first kappa shape index (κ1) is 28.7. The molecule has 0 spiro atoms. The van der Waals surface area contributed by atoms with Gasteiger partial charge in [-0.1, -0.05) is 75.2 Å². The topological polar surface area (TPSA) is 0 Å². The molecule has 3 rings (SSSR count). The first-order valence-electron chi connectivity index (χ1n) is 12.2. The van der Waals surface area contributed by atoms with Gasteiger partial charge in [-0.25, -0.2) is 0 Å². The molecule has 180 valence electrons. The maximum atomic E-state index is 2.31. The lowest BCUT2D eigenvalue weighted by Gasteiger charge is -2.15. The number of aryl methyl sites for hydroxylation is 8. The molecule has 0 aliphatic heterocycles. The summed E-state index contributed by atoms with van der Waals surface area (Å²) in [6, 6.07) is 13.6. The Labute approximate surface area is 205 Å². The fourth-order valence-corrected chi connectivity index (χ4v) is 3.74. The molecule has 0 aliphatic carbocycles. The lowest BCUT2D eigenvalue weighted by Crippen LogP contribution is -1.94. The van der Waals surface area contributed by atoms with E-state index in [0.29, 0.717) is 5.41 Å². The van der Waals surface area contributed by atoms with Gasteiger partial charge in [-0.15, -0.1) is 0 Å². The highest BCUT2D eigenvalue weighted by atomic mass is 14.1. The van der Waals surface area contributed by atoms with E-state index in [2.05, 4.69) is 133 Å². The first-order chi connectivity index (χ1) is 15.0. The number of hydrogen-bond acceptors (Lipinski definition) is 0. The zero-order valence-electron chi connectivity index (χ0n) is 24.0. The van der Waals surface area contributed by atoms with Crippen LogP contribution in [0.3, 0.4) is 0 Å². The summed E-state index contributed by atoms with van der Waals surface area (Å²) in [5.41, 5.74) is 17.1. The van der Waals surface area contributed by atoms with E-state index in [9.17, 15) is 0 Å². The van der Waals surface area contributed by atoms with Gasteiger partial charge in [-0.3, -0.25) is 0 Å². The van der Waals surface area contributed by atoms with Crippen molar-refractivity contribution >= 4 is 0 Å². The fourth-order valence-electron chi connectivity index (χ4n) is 3.74. The molecule has 0 radical (unpaired) electrons. The Balaban J connectivity index is 0.000000304. The molecular weight excluding hydrogens is 396 g/mol. The molecule has 0 saturated carbocycles. The van der Waals surface area contributed by atoms with E-state index in [4.69, 9.17) is 0 Å². The molecule has 33 heavy (non-hydrogen) atoms. The Hall–Kier alpha value is -2.34. The number of benzene rings is 3. The van der Waals surface area contributed by atoms with E-state index in [0.717, 1.165) is 0 Å². The Kier molecular flexibility index (Phi) is 10.2. The molecule has 0 amide bonds. The summed E-state index contributed by atoms with van der Waals surface area (Å²) >= 11 is 0. The van der Waals surface area contributed by atoms with Crippen molar-refractivity contribution < 1.29 is 0 Å². The van der Waals surface area contributed by atoms with Crippen molar-refractivity contribution in [1.82, 2.24) is 0 Å². The summed E-state index contributed by atoms with van der Waals surface area (Å²) in [7, 11) is 0. The highest BCUT2D eigenvalue weighted by Gasteiger charge is 2.10. The molecule has 0 heterocycles. The van der Waals surface area contributed by atoms with Gasteiger partial charge >= 0.3 is 0 Å². The van der Waals surface area contributed by atoms with Crippen molar-refractivity contribution in [2.75, 3.05) is 0 Å². The minimum Gasteiger partial charge on any atom is -0.0604 e. The second kappa shape index (κ2) is 11.7. The minimum absolute atomic E-state index is 0.500. The van der Waals surface area contributed by atoms with Gasteiger partial charge in [0.25, 0.3) is 0 Å². The van der Waals surface area contributed by atoms with Gasteiger partial charge in [-0.05, 0) is 130 Å². The van der Waals surface area contributed by atoms with Crippen LogP contribution in [-0.2, 0) is 0 Å². The molecule has 0 aromatic heterocycles. The van der Waals surface area contributed by atoms with E-state index >= 15 is 0 Å². The van der Waals surface area contributed by atoms with Crippen LogP contribution in [0.2, 0.25) is 0 Å². The average molecular weight is 445 g/mol. The molecule has 0 unspecified atom stereocenters. The van der Waals surface area contributed by atoms with Crippen LogP contribution in [0, 0.1) is 74.7 Å². The van der Waals surface area contributed by atoms with Gasteiger partial charge in [0.15, 0.2) is 0 Å². The van der Waals surface area contributed by atoms with E-state index in [1.165, 1.54) is 66.8 Å². The predicted octanol–water partition coefficient (Wildman–Crippen LogP) is 10.2. The van der Waals surface area contributed by atoms with Gasteiger partial charge in [-0.2, -0.15) is 0 Å². The quantitative estimate of drug-likeness (QED) is 0.350. The lowest BCUT2D eigenvalue weighted by molar-refractivity contribution is 0.469. The van der Waals surface area contributed by atoms with Crippen LogP contribution < -0.4 is 0 Å². The summed E-state index contributed by atoms with van der Waals surface area (Å²) in [5.74, 6) is 0. The smallest absolute Gasteiger partial charge is 0.0147 e. The Morgan fingerprint density at radius 1 is 0.364 bits per heavy atom. The Bertz CT molecular complexity index is 976. The van der Waals surface area contributed by atoms with Crippen LogP contribution in [-0.4, -0.2) is 0 Å². The predicted molar refractivity (Wildman–Crippen MR) is 151 cm³/mol. The van der Waals surface area contributed by atoms with Crippen molar-refractivity contribution in [2.24, 2.45) is 5.41 Å². The standard InChI is InChI=1S/C18H22.C10H14.C5H12/c1-11-7-13(3)15(5)17(9-11)18-10-12(2)8-14(4)16(18)6;1-7-5-9(3)10(4)6-8(7)2;1-5(2,3)4/h7-10H,1-6H3;5-6H,1-4H3;1-4H3. The third-order valence-corrected chi connectivity index (χ3v) is 6.02. The van der Waals surface area contributed by atoms with Crippen molar-refractivity contribution in [3.05, 3.63) is 92.0 Å². The summed E-state index contributed by atoms with van der Waals surface area (Å²) in [5, 5.41) is 0. The molecule has 0 saturated heterocycles. The highest BCUT2D eigenvalue weighted by Crippen LogP contribution is 2.32. The van der Waals surface area contributed by atoms with Gasteiger partial charge in [0.1, 0.15) is 0 Å². The van der Waals surface area contributed by atoms with Crippen LogP contribution in [0.4, 0.5) is 0 Å². The van der Waals surface area contributed by atoms with E-state index in [1.807, 2.05) is 0 Å². The highest BCUT2D eigenvalue weighted by molar-refractivity contribution is 5.74. The molecule has 0 nitrogen and oxygen atoms in total. The zero-order chi connectivity index (χ0) is 25.7. The fraction of sp³-hybridized carbons (Fsp3) is 0.455. The Morgan fingerprint density at radius 2 is 0.606 bits per heavy atom. The van der Waals surface area contributed by atoms with Crippen molar-refractivity contribution in [1.29, 1.82) is 0 Å². The van der Waals surface area contributed by atoms with Gasteiger partial charge in [0.2, 0.25) is 0 Å². The lowest BCUT2D eigenvalue weighted by atomic mass is 9.89. The van der Waals surface area contributed by atoms with Crippen LogP contribution in [0.25, 0.3) is 11.1 Å². The maximum absolute atomic E-state index is 2.31. The zero-order valence-corrected chi connectivity index (χ0v) is 24.0. The van der Waals surface area contributed by atoms with E-state index in [1.54, 1.807) is 0 Å². The normalized spacial score (nSPS) is 10.7. The molecule has 3 aromatic carbocycles. The van der Waals surface area contributed by atoms with Crippen molar-refractivity contribution in [3.8, 4) is 11.1 Å². The molecule has 0 atom stereocenters. The largest absolute Gasteiger partial charge is 0.0604 e. The molecule has 0 heteroatoms. The minimum atomic E-state index is 0.500. The van der Waals surface area contributed by atoms with Crippen LogP contribution in [0.15, 0.2) is 36.4 Å². The molecular formula is C33H48. The second-order valence-corrected chi connectivity index (χ2v) is 11.5. The number of hydrogen-bond donors (Lipinski definition) is 0. The van der Waals surface area contributed by atoms with E-state index in [-0.39, 0.29) is 0 Å². The van der Waals surface area contributed by atoms with Gasteiger partial charge < -0.3 is 0 Å². The summed E-state index contributed by atoms with van der Waals surface area (Å²) in [6.45, 7) is 30.6. The second-order valence-electron chi connectivity index (χ2n) is 11.5. The SMILES string of the molecule is CC(C)(C)C.Cc1cc(C)c(C)c(-c2cc(C)cc(C)c2C)c1.Cc1cc(C)c(C)cc1C. The molecule has 0 aliphatic rings. The van der Waals surface area contributed by atoms with Crippen LogP contribution >= 0.6 is 0 Å². The summed E-state index contributed by atoms with van der Waals surface area (Å²) in [4.78, 5) is 0. The molecule has 0 fully saturated rings. The third kappa shape index (κ3) is 9.20. The molecule has 3 aromatic rings. The maximum Gasteiger partial charge on any atom is -0.0147 e.